The Morgan fingerprint density at radius 2 is 0.829 bits per heavy atom. The molecule has 0 fully saturated rings. The van der Waals surface area contributed by atoms with E-state index in [1.807, 2.05) is 0 Å². The number of para-hydroxylation sites is 3. The summed E-state index contributed by atoms with van der Waals surface area (Å²) in [6.07, 6.45) is 0. The molecule has 0 radical (unpaired) electrons. The first kappa shape index (κ1) is 37.9. The molecule has 14 aromatic rings. The van der Waals surface area contributed by atoms with E-state index >= 15 is 0 Å². The molecule has 0 amide bonds. The number of furan rings is 1. The number of rotatable bonds is 4. The Bertz CT molecular complexity index is 4480. The van der Waals surface area contributed by atoms with Gasteiger partial charge in [0, 0.05) is 49.3 Å². The van der Waals surface area contributed by atoms with Crippen LogP contribution in [0, 0.1) is 0 Å². The van der Waals surface area contributed by atoms with Crippen molar-refractivity contribution in [3.05, 3.63) is 265 Å². The fraction of sp³-hybridized carbons (Fsp3) is 0.0149. The van der Waals surface area contributed by atoms with Gasteiger partial charge in [-0.2, -0.15) is 0 Å². The monoisotopic (exact) mass is 888 g/mol. The Hall–Kier alpha value is -9.18. The van der Waals surface area contributed by atoms with Crippen molar-refractivity contribution in [1.29, 1.82) is 0 Å². The summed E-state index contributed by atoms with van der Waals surface area (Å²) >= 11 is 0. The van der Waals surface area contributed by atoms with Gasteiger partial charge in [-0.3, -0.25) is 0 Å². The second kappa shape index (κ2) is 13.9. The minimum Gasteiger partial charge on any atom is -0.456 e. The van der Waals surface area contributed by atoms with Crippen molar-refractivity contribution in [1.82, 2.24) is 9.13 Å². The molecule has 3 heterocycles. The predicted octanol–water partition coefficient (Wildman–Crippen LogP) is 17.5. The van der Waals surface area contributed by atoms with Gasteiger partial charge >= 0.3 is 0 Å². The molecule has 0 bridgehead atoms. The highest BCUT2D eigenvalue weighted by atomic mass is 16.3. The van der Waals surface area contributed by atoms with Crippen LogP contribution in [0.15, 0.2) is 247 Å². The lowest BCUT2D eigenvalue weighted by molar-refractivity contribution is 0.669. The lowest BCUT2D eigenvalue weighted by atomic mass is 9.70. The fourth-order valence-corrected chi connectivity index (χ4v) is 12.9. The number of hydrogen-bond donors (Lipinski definition) is 0. The van der Waals surface area contributed by atoms with Crippen LogP contribution in [0.25, 0.3) is 121 Å². The van der Waals surface area contributed by atoms with Crippen LogP contribution >= 0.6 is 0 Å². The lowest BCUT2D eigenvalue weighted by Gasteiger charge is -2.30. The van der Waals surface area contributed by atoms with Crippen LogP contribution in [0.2, 0.25) is 0 Å². The quantitative estimate of drug-likeness (QED) is 0.173. The highest BCUT2D eigenvalue weighted by molar-refractivity contribution is 6.19. The molecule has 3 heteroatoms. The maximum absolute atomic E-state index is 6.68. The second-order valence-corrected chi connectivity index (χ2v) is 19.1. The highest BCUT2D eigenvalue weighted by Crippen LogP contribution is 2.64. The molecule has 2 aliphatic rings. The summed E-state index contributed by atoms with van der Waals surface area (Å²) < 4.78 is 11.6. The highest BCUT2D eigenvalue weighted by Gasteiger charge is 2.52. The maximum atomic E-state index is 6.68. The summed E-state index contributed by atoms with van der Waals surface area (Å²) in [7, 11) is 0. The predicted molar refractivity (Wildman–Crippen MR) is 290 cm³/mol. The van der Waals surface area contributed by atoms with E-state index in [0.717, 1.165) is 50.0 Å². The maximum Gasteiger partial charge on any atom is 0.136 e. The first-order valence-corrected chi connectivity index (χ1v) is 24.2. The smallest absolute Gasteiger partial charge is 0.136 e. The SMILES string of the molecule is c1ccc(-n2c3ccccc3c3cc(-c4ccc5oc6cccc(-c7ccc8c(c7)c7ccc9c(c7n8-c7ccccc7)-c7ccccc7C97c8ccccc8-c8ccccc87)c6c5c4)ccc32)cc1. The zero-order valence-electron chi connectivity index (χ0n) is 37.9. The van der Waals surface area contributed by atoms with Crippen LogP contribution in [0.4, 0.5) is 0 Å². The molecule has 0 saturated heterocycles. The molecule has 2 aliphatic carbocycles. The van der Waals surface area contributed by atoms with E-state index in [0.29, 0.717) is 0 Å². The van der Waals surface area contributed by atoms with Crippen LogP contribution in [0.3, 0.4) is 0 Å². The first-order valence-electron chi connectivity index (χ1n) is 24.2. The summed E-state index contributed by atoms with van der Waals surface area (Å²) in [6.45, 7) is 0. The third-order valence-corrected chi connectivity index (χ3v) is 15.7. The van der Waals surface area contributed by atoms with Crippen molar-refractivity contribution in [2.24, 2.45) is 0 Å². The molecule has 3 aromatic heterocycles. The van der Waals surface area contributed by atoms with E-state index in [2.05, 4.69) is 252 Å². The van der Waals surface area contributed by atoms with E-state index in [4.69, 9.17) is 4.42 Å². The minimum atomic E-state index is -0.430. The molecule has 0 saturated carbocycles. The van der Waals surface area contributed by atoms with Crippen molar-refractivity contribution in [3.63, 3.8) is 0 Å². The van der Waals surface area contributed by atoms with Crippen LogP contribution in [-0.4, -0.2) is 9.13 Å². The Kier molecular flexibility index (Phi) is 7.54. The molecule has 324 valence electrons. The van der Waals surface area contributed by atoms with E-state index in [1.54, 1.807) is 0 Å². The van der Waals surface area contributed by atoms with Gasteiger partial charge in [0.05, 0.1) is 27.5 Å². The molecule has 0 unspecified atom stereocenters. The topological polar surface area (TPSA) is 23.0 Å². The van der Waals surface area contributed by atoms with Gasteiger partial charge in [-0.15, -0.1) is 0 Å². The Labute approximate surface area is 403 Å². The number of nitrogens with zero attached hydrogens (tertiary/aromatic N) is 2. The summed E-state index contributed by atoms with van der Waals surface area (Å²) in [5.74, 6) is 0. The van der Waals surface area contributed by atoms with E-state index < -0.39 is 5.41 Å². The number of hydrogen-bond acceptors (Lipinski definition) is 1. The van der Waals surface area contributed by atoms with Gasteiger partial charge < -0.3 is 13.6 Å². The Morgan fingerprint density at radius 3 is 1.57 bits per heavy atom. The van der Waals surface area contributed by atoms with Gasteiger partial charge in [0.1, 0.15) is 11.2 Å². The van der Waals surface area contributed by atoms with Crippen molar-refractivity contribution in [2.45, 2.75) is 5.41 Å². The molecule has 70 heavy (non-hydrogen) atoms. The van der Waals surface area contributed by atoms with Crippen molar-refractivity contribution >= 4 is 65.6 Å². The molecule has 16 rings (SSSR count). The summed E-state index contributed by atoms with van der Waals surface area (Å²) in [5, 5.41) is 7.17. The van der Waals surface area contributed by atoms with Crippen molar-refractivity contribution < 1.29 is 4.42 Å². The Morgan fingerprint density at radius 1 is 0.300 bits per heavy atom. The van der Waals surface area contributed by atoms with Crippen LogP contribution in [0.5, 0.6) is 0 Å². The van der Waals surface area contributed by atoms with Gasteiger partial charge in [0.15, 0.2) is 0 Å². The van der Waals surface area contributed by atoms with Crippen molar-refractivity contribution in [2.75, 3.05) is 0 Å². The zero-order chi connectivity index (χ0) is 45.7. The summed E-state index contributed by atoms with van der Waals surface area (Å²) in [4.78, 5) is 0. The number of aromatic nitrogens is 2. The fourth-order valence-electron chi connectivity index (χ4n) is 12.9. The molecular weight excluding hydrogens is 849 g/mol. The number of fused-ring (bicyclic) bond motifs is 20. The lowest BCUT2D eigenvalue weighted by Crippen LogP contribution is -2.25. The Balaban J connectivity index is 0.911. The average Bonchev–Trinajstić information content (AvgIpc) is 4.22. The zero-order valence-corrected chi connectivity index (χ0v) is 37.9. The molecule has 3 nitrogen and oxygen atoms in total. The van der Waals surface area contributed by atoms with Crippen LogP contribution in [-0.2, 0) is 5.41 Å². The standard InChI is InChI=1S/C67H40N2O/c1-3-16-44(17-4-1)68-59-28-14-10-22-49(59)52-38-41(30-35-60(52)68)42-32-37-62-54(39-42)64-46(24-15-29-63(64)70-62)43-31-36-61-53(40-43)50-33-34-58-65(66(50)69(61)45-18-5-2-6-19-45)51-23-9-13-27-57(51)67(58)55-25-11-7-20-47(55)48-21-8-12-26-56(48)67/h1-40H. The van der Waals surface area contributed by atoms with Gasteiger partial charge in [-0.05, 0) is 134 Å². The van der Waals surface area contributed by atoms with Gasteiger partial charge in [0.25, 0.3) is 0 Å². The normalized spacial score (nSPS) is 13.3. The molecule has 11 aromatic carbocycles. The molecule has 1 spiro atoms. The minimum absolute atomic E-state index is 0.430. The summed E-state index contributed by atoms with van der Waals surface area (Å²) in [6, 6.07) is 89.6. The number of benzene rings is 11. The van der Waals surface area contributed by atoms with Gasteiger partial charge in [-0.25, -0.2) is 0 Å². The van der Waals surface area contributed by atoms with Crippen LogP contribution < -0.4 is 0 Å². The van der Waals surface area contributed by atoms with E-state index in [1.165, 1.54) is 93.7 Å². The van der Waals surface area contributed by atoms with E-state index in [-0.39, 0.29) is 0 Å². The second-order valence-electron chi connectivity index (χ2n) is 19.1. The van der Waals surface area contributed by atoms with Crippen LogP contribution in [0.1, 0.15) is 22.3 Å². The summed E-state index contributed by atoms with van der Waals surface area (Å²) in [5.41, 5.74) is 23.7. The van der Waals surface area contributed by atoms with Crippen molar-refractivity contribution in [3.8, 4) is 55.9 Å². The average molecular weight is 889 g/mol. The molecular formula is C67H40N2O. The largest absolute Gasteiger partial charge is 0.456 e. The molecule has 0 N–H and O–H groups in total. The first-order chi connectivity index (χ1) is 34.7. The third-order valence-electron chi connectivity index (χ3n) is 15.7. The van der Waals surface area contributed by atoms with E-state index in [9.17, 15) is 0 Å². The van der Waals surface area contributed by atoms with Gasteiger partial charge in [0.2, 0.25) is 0 Å². The third kappa shape index (κ3) is 4.88. The molecule has 0 aliphatic heterocycles. The van der Waals surface area contributed by atoms with Gasteiger partial charge in [-0.1, -0.05) is 170 Å². The molecule has 0 atom stereocenters.